The highest BCUT2D eigenvalue weighted by atomic mass is 19.4. The standard InChI is InChI=1S/C21H17F4N3O2/c1-12(22)20(29)28-9-15(10-28)14-7-17(19-18(8-14)27(2)11-26-19)13-3-5-16(6-4-13)30-21(23,24)25/h3-8,11,15H,1,9-10H2,2H3. The Bertz CT molecular complexity index is 1130. The SMILES string of the molecule is C=C(F)C(=O)N1CC(c2cc(-c3ccc(OC(F)(F)F)cc3)c3ncn(C)c3c2)C1. The van der Waals surface area contributed by atoms with Crippen molar-refractivity contribution in [3.8, 4) is 16.9 Å². The first-order valence-corrected chi connectivity index (χ1v) is 9.07. The zero-order valence-corrected chi connectivity index (χ0v) is 15.9. The normalized spacial score (nSPS) is 14.6. The van der Waals surface area contributed by atoms with Gasteiger partial charge in [-0.3, -0.25) is 4.79 Å². The number of amides is 1. The van der Waals surface area contributed by atoms with Crippen LogP contribution in [0.4, 0.5) is 17.6 Å². The van der Waals surface area contributed by atoms with E-state index in [2.05, 4.69) is 16.3 Å². The van der Waals surface area contributed by atoms with Crippen LogP contribution in [0.15, 0.2) is 55.1 Å². The molecule has 1 aliphatic heterocycles. The third-order valence-electron chi connectivity index (χ3n) is 5.12. The van der Waals surface area contributed by atoms with Gasteiger partial charge in [-0.2, -0.15) is 0 Å². The van der Waals surface area contributed by atoms with Gasteiger partial charge < -0.3 is 14.2 Å². The van der Waals surface area contributed by atoms with Crippen molar-refractivity contribution in [2.24, 2.45) is 7.05 Å². The van der Waals surface area contributed by atoms with Crippen LogP contribution in [0.5, 0.6) is 5.75 Å². The number of carbonyl (C=O) groups excluding carboxylic acids is 1. The van der Waals surface area contributed by atoms with E-state index in [9.17, 15) is 22.4 Å². The summed E-state index contributed by atoms with van der Waals surface area (Å²) in [7, 11) is 1.84. The van der Waals surface area contributed by atoms with Crippen molar-refractivity contribution < 1.29 is 27.1 Å². The third-order valence-corrected chi connectivity index (χ3v) is 5.12. The molecule has 0 N–H and O–H groups in total. The first kappa shape index (κ1) is 19.9. The summed E-state index contributed by atoms with van der Waals surface area (Å²) in [6.45, 7) is 3.76. The van der Waals surface area contributed by atoms with E-state index >= 15 is 0 Å². The minimum Gasteiger partial charge on any atom is -0.406 e. The van der Waals surface area contributed by atoms with E-state index in [1.54, 1.807) is 6.33 Å². The molecule has 0 radical (unpaired) electrons. The second-order valence-electron chi connectivity index (χ2n) is 7.18. The highest BCUT2D eigenvalue weighted by Gasteiger charge is 2.34. The first-order chi connectivity index (χ1) is 14.1. The number of hydrogen-bond acceptors (Lipinski definition) is 3. The van der Waals surface area contributed by atoms with Gasteiger partial charge in [-0.15, -0.1) is 13.2 Å². The lowest BCUT2D eigenvalue weighted by Gasteiger charge is -2.39. The Morgan fingerprint density at radius 3 is 2.47 bits per heavy atom. The highest BCUT2D eigenvalue weighted by Crippen LogP contribution is 2.36. The number of ether oxygens (including phenoxy) is 1. The molecular formula is C21H17F4N3O2. The first-order valence-electron chi connectivity index (χ1n) is 9.07. The number of fused-ring (bicyclic) bond motifs is 1. The number of likely N-dealkylation sites (tertiary alicyclic amines) is 1. The lowest BCUT2D eigenvalue weighted by atomic mass is 9.88. The third kappa shape index (κ3) is 3.74. The fourth-order valence-corrected chi connectivity index (χ4v) is 3.57. The molecule has 0 saturated carbocycles. The molecule has 0 spiro atoms. The van der Waals surface area contributed by atoms with Crippen molar-refractivity contribution in [1.29, 1.82) is 0 Å². The van der Waals surface area contributed by atoms with Crippen LogP contribution in [-0.4, -0.2) is 39.8 Å². The minimum absolute atomic E-state index is 0.0131. The Balaban J connectivity index is 1.67. The van der Waals surface area contributed by atoms with Gasteiger partial charge in [-0.05, 0) is 35.4 Å². The molecule has 30 heavy (non-hydrogen) atoms. The van der Waals surface area contributed by atoms with Gasteiger partial charge in [0.15, 0.2) is 5.83 Å². The summed E-state index contributed by atoms with van der Waals surface area (Å²) in [5.41, 5.74) is 3.92. The maximum absolute atomic E-state index is 13.1. The number of carbonyl (C=O) groups is 1. The van der Waals surface area contributed by atoms with Gasteiger partial charge in [0.2, 0.25) is 0 Å². The molecule has 1 aliphatic rings. The number of aryl methyl sites for hydroxylation is 1. The van der Waals surface area contributed by atoms with Crippen LogP contribution < -0.4 is 4.74 Å². The van der Waals surface area contributed by atoms with Gasteiger partial charge in [0, 0.05) is 31.6 Å². The summed E-state index contributed by atoms with van der Waals surface area (Å²) in [6.07, 6.45) is -3.10. The topological polar surface area (TPSA) is 47.4 Å². The summed E-state index contributed by atoms with van der Waals surface area (Å²) < 4.78 is 56.1. The van der Waals surface area contributed by atoms with Crippen molar-refractivity contribution in [3.63, 3.8) is 0 Å². The molecule has 4 rings (SSSR count). The van der Waals surface area contributed by atoms with Crippen LogP contribution in [0.3, 0.4) is 0 Å². The predicted molar refractivity (Wildman–Crippen MR) is 102 cm³/mol. The summed E-state index contributed by atoms with van der Waals surface area (Å²) >= 11 is 0. The van der Waals surface area contributed by atoms with Gasteiger partial charge in [-0.1, -0.05) is 18.7 Å². The van der Waals surface area contributed by atoms with E-state index in [4.69, 9.17) is 0 Å². The fraction of sp³-hybridized carbons (Fsp3) is 0.238. The van der Waals surface area contributed by atoms with E-state index in [1.165, 1.54) is 29.2 Å². The monoisotopic (exact) mass is 419 g/mol. The number of alkyl halides is 3. The lowest BCUT2D eigenvalue weighted by Crippen LogP contribution is -2.48. The van der Waals surface area contributed by atoms with E-state index in [0.717, 1.165) is 16.6 Å². The molecule has 1 saturated heterocycles. The molecule has 2 aromatic carbocycles. The molecular weight excluding hydrogens is 402 g/mol. The van der Waals surface area contributed by atoms with Gasteiger partial charge in [0.05, 0.1) is 17.4 Å². The van der Waals surface area contributed by atoms with Crippen molar-refractivity contribution in [3.05, 3.63) is 60.7 Å². The highest BCUT2D eigenvalue weighted by molar-refractivity contribution is 5.94. The lowest BCUT2D eigenvalue weighted by molar-refractivity contribution is -0.274. The Morgan fingerprint density at radius 1 is 1.20 bits per heavy atom. The maximum Gasteiger partial charge on any atom is 0.573 e. The quantitative estimate of drug-likeness (QED) is 0.461. The van der Waals surface area contributed by atoms with E-state index < -0.39 is 18.1 Å². The zero-order valence-electron chi connectivity index (χ0n) is 15.9. The average Bonchev–Trinajstić information content (AvgIpc) is 3.00. The molecule has 1 aromatic heterocycles. The van der Waals surface area contributed by atoms with E-state index in [1.807, 2.05) is 23.7 Å². The van der Waals surface area contributed by atoms with Crippen molar-refractivity contribution in [2.45, 2.75) is 12.3 Å². The molecule has 3 aromatic rings. The number of nitrogens with zero attached hydrogens (tertiary/aromatic N) is 3. The van der Waals surface area contributed by atoms with Crippen LogP contribution in [0.1, 0.15) is 11.5 Å². The van der Waals surface area contributed by atoms with Gasteiger partial charge >= 0.3 is 6.36 Å². The van der Waals surface area contributed by atoms with Gasteiger partial charge in [0.1, 0.15) is 5.75 Å². The summed E-state index contributed by atoms with van der Waals surface area (Å²) in [5, 5.41) is 0. The Hall–Kier alpha value is -3.36. The second kappa shape index (κ2) is 7.16. The maximum atomic E-state index is 13.1. The Labute approximate surface area is 169 Å². The molecule has 9 heteroatoms. The molecule has 2 heterocycles. The Kier molecular flexibility index (Phi) is 4.76. The van der Waals surface area contributed by atoms with Crippen molar-refractivity contribution in [1.82, 2.24) is 14.5 Å². The molecule has 0 unspecified atom stereocenters. The number of benzene rings is 2. The minimum atomic E-state index is -4.76. The van der Waals surface area contributed by atoms with Crippen LogP contribution >= 0.6 is 0 Å². The largest absolute Gasteiger partial charge is 0.573 e. The van der Waals surface area contributed by atoms with Crippen molar-refractivity contribution in [2.75, 3.05) is 13.1 Å². The number of aromatic nitrogens is 2. The molecule has 0 aliphatic carbocycles. The predicted octanol–water partition coefficient (Wildman–Crippen LogP) is 4.55. The molecule has 5 nitrogen and oxygen atoms in total. The Morgan fingerprint density at radius 2 is 1.87 bits per heavy atom. The smallest absolute Gasteiger partial charge is 0.406 e. The van der Waals surface area contributed by atoms with E-state index in [0.29, 0.717) is 24.2 Å². The van der Waals surface area contributed by atoms with E-state index in [-0.39, 0.29) is 11.7 Å². The van der Waals surface area contributed by atoms with Crippen LogP contribution in [0.2, 0.25) is 0 Å². The number of hydrogen-bond donors (Lipinski definition) is 0. The van der Waals surface area contributed by atoms with Gasteiger partial charge in [0.25, 0.3) is 5.91 Å². The van der Waals surface area contributed by atoms with Crippen LogP contribution in [0, 0.1) is 0 Å². The molecule has 1 fully saturated rings. The molecule has 1 amide bonds. The average molecular weight is 419 g/mol. The van der Waals surface area contributed by atoms with Crippen LogP contribution in [-0.2, 0) is 11.8 Å². The number of rotatable bonds is 4. The summed E-state index contributed by atoms with van der Waals surface area (Å²) in [4.78, 5) is 17.5. The number of halogens is 4. The molecule has 0 atom stereocenters. The zero-order chi connectivity index (χ0) is 21.6. The molecule has 0 bridgehead atoms. The van der Waals surface area contributed by atoms with Crippen LogP contribution in [0.25, 0.3) is 22.2 Å². The summed E-state index contributed by atoms with van der Waals surface area (Å²) in [6, 6.07) is 9.45. The summed E-state index contributed by atoms with van der Waals surface area (Å²) in [5.74, 6) is -2.00. The fourth-order valence-electron chi connectivity index (χ4n) is 3.57. The van der Waals surface area contributed by atoms with Crippen molar-refractivity contribution >= 4 is 16.9 Å². The van der Waals surface area contributed by atoms with Gasteiger partial charge in [-0.25, -0.2) is 9.37 Å². The second-order valence-corrected chi connectivity index (χ2v) is 7.18. The number of imidazole rings is 1. The molecule has 156 valence electrons.